The largest absolute Gasteiger partial charge is 0.316 e. The van der Waals surface area contributed by atoms with E-state index < -0.39 is 10.8 Å². The van der Waals surface area contributed by atoms with Crippen LogP contribution in [0.15, 0.2) is 47.5 Å². The maximum absolute atomic E-state index is 12.7. The number of aryl methyl sites for hydroxylation is 1. The van der Waals surface area contributed by atoms with Gasteiger partial charge >= 0.3 is 0 Å². The zero-order valence-corrected chi connectivity index (χ0v) is 16.3. The Hall–Kier alpha value is -2.80. The number of hydrogen-bond acceptors (Lipinski definition) is 4. The molecule has 1 aromatic heterocycles. The summed E-state index contributed by atoms with van der Waals surface area (Å²) in [4.78, 5) is 28.1. The molecule has 0 radical (unpaired) electrons. The highest BCUT2D eigenvalue weighted by Gasteiger charge is 2.19. The summed E-state index contributed by atoms with van der Waals surface area (Å²) in [6.07, 6.45) is 0.893. The Labute approximate surface area is 161 Å². The van der Waals surface area contributed by atoms with Gasteiger partial charge in [-0.3, -0.25) is 14.9 Å². The molecule has 0 aliphatic heterocycles. The minimum absolute atomic E-state index is 0.00544. The van der Waals surface area contributed by atoms with Crippen LogP contribution in [-0.4, -0.2) is 15.4 Å². The summed E-state index contributed by atoms with van der Waals surface area (Å²) < 4.78 is 3.07. The SMILES string of the molecule is CCCn1c(=NC(=O)c2ccccc2[N+](=O)[O-])sc2cc(C(C)C)ccc21. The van der Waals surface area contributed by atoms with Crippen LogP contribution in [0.1, 0.15) is 49.0 Å². The van der Waals surface area contributed by atoms with Crippen molar-refractivity contribution in [3.8, 4) is 0 Å². The van der Waals surface area contributed by atoms with Crippen LogP contribution in [-0.2, 0) is 6.54 Å². The molecule has 3 rings (SSSR count). The van der Waals surface area contributed by atoms with E-state index in [4.69, 9.17) is 0 Å². The number of para-hydroxylation sites is 1. The van der Waals surface area contributed by atoms with Crippen LogP contribution >= 0.6 is 11.3 Å². The van der Waals surface area contributed by atoms with Crippen molar-refractivity contribution in [2.24, 2.45) is 4.99 Å². The molecule has 0 saturated carbocycles. The summed E-state index contributed by atoms with van der Waals surface area (Å²) in [5.41, 5.74) is 2.03. The molecule has 1 heterocycles. The molecule has 7 heteroatoms. The van der Waals surface area contributed by atoms with Gasteiger partial charge in [0.15, 0.2) is 4.80 Å². The quantitative estimate of drug-likeness (QED) is 0.465. The van der Waals surface area contributed by atoms with E-state index in [2.05, 4.69) is 44.0 Å². The van der Waals surface area contributed by atoms with E-state index in [0.29, 0.717) is 10.7 Å². The third-order valence-corrected chi connectivity index (χ3v) is 5.39. The highest BCUT2D eigenvalue weighted by molar-refractivity contribution is 7.16. The van der Waals surface area contributed by atoms with E-state index in [1.807, 2.05) is 4.57 Å². The third-order valence-electron chi connectivity index (χ3n) is 4.35. The second-order valence-corrected chi connectivity index (χ2v) is 7.62. The molecule has 0 spiro atoms. The molecule has 0 atom stereocenters. The number of fused-ring (bicyclic) bond motifs is 1. The minimum Gasteiger partial charge on any atom is -0.316 e. The van der Waals surface area contributed by atoms with Crippen LogP contribution < -0.4 is 4.80 Å². The molecule has 0 N–H and O–H groups in total. The molecular formula is C20H21N3O3S. The molecule has 140 valence electrons. The Balaban J connectivity index is 2.16. The molecule has 1 amide bonds. The summed E-state index contributed by atoms with van der Waals surface area (Å²) in [6.45, 7) is 7.06. The Bertz CT molecular complexity index is 1080. The van der Waals surface area contributed by atoms with Crippen molar-refractivity contribution in [3.05, 3.63) is 68.5 Å². The number of nitrogens with zero attached hydrogens (tertiary/aromatic N) is 3. The summed E-state index contributed by atoms with van der Waals surface area (Å²) in [5, 5.41) is 11.2. The van der Waals surface area contributed by atoms with Crippen LogP contribution in [0.5, 0.6) is 0 Å². The fraction of sp³-hybridized carbons (Fsp3) is 0.300. The van der Waals surface area contributed by atoms with Gasteiger partial charge in [0, 0.05) is 12.6 Å². The van der Waals surface area contributed by atoms with Gasteiger partial charge in [-0.2, -0.15) is 4.99 Å². The van der Waals surface area contributed by atoms with Gasteiger partial charge in [-0.1, -0.05) is 50.3 Å². The Morgan fingerprint density at radius 3 is 2.67 bits per heavy atom. The first-order chi connectivity index (χ1) is 12.9. The van der Waals surface area contributed by atoms with Gasteiger partial charge in [0.1, 0.15) is 5.56 Å². The standard InChI is InChI=1S/C20H21N3O3S/c1-4-11-22-17-10-9-14(13(2)3)12-18(17)27-20(22)21-19(24)15-7-5-6-8-16(15)23(25)26/h5-10,12-13H,4,11H2,1-3H3. The summed E-state index contributed by atoms with van der Waals surface area (Å²) in [6, 6.07) is 12.2. The van der Waals surface area contributed by atoms with E-state index in [9.17, 15) is 14.9 Å². The van der Waals surface area contributed by atoms with Crippen molar-refractivity contribution in [1.82, 2.24) is 4.57 Å². The predicted molar refractivity (Wildman–Crippen MR) is 107 cm³/mol. The van der Waals surface area contributed by atoms with Gasteiger partial charge in [0.2, 0.25) is 0 Å². The number of nitro benzene ring substituents is 1. The number of thiazole rings is 1. The highest BCUT2D eigenvalue weighted by atomic mass is 32.1. The van der Waals surface area contributed by atoms with E-state index in [1.54, 1.807) is 12.1 Å². The molecule has 6 nitrogen and oxygen atoms in total. The van der Waals surface area contributed by atoms with E-state index >= 15 is 0 Å². The van der Waals surface area contributed by atoms with Crippen molar-refractivity contribution in [2.75, 3.05) is 0 Å². The number of nitro groups is 1. The maximum Gasteiger partial charge on any atom is 0.286 e. The molecular weight excluding hydrogens is 362 g/mol. The lowest BCUT2D eigenvalue weighted by molar-refractivity contribution is -0.385. The van der Waals surface area contributed by atoms with Gasteiger partial charge in [0.05, 0.1) is 15.1 Å². The number of aromatic nitrogens is 1. The average Bonchev–Trinajstić information content (AvgIpc) is 2.98. The summed E-state index contributed by atoms with van der Waals surface area (Å²) in [5.74, 6) is -0.187. The lowest BCUT2D eigenvalue weighted by atomic mass is 10.0. The van der Waals surface area contributed by atoms with Gasteiger partial charge in [-0.15, -0.1) is 0 Å². The molecule has 27 heavy (non-hydrogen) atoms. The van der Waals surface area contributed by atoms with Gasteiger partial charge < -0.3 is 4.57 Å². The molecule has 0 saturated heterocycles. The van der Waals surface area contributed by atoms with Crippen molar-refractivity contribution >= 4 is 33.1 Å². The second-order valence-electron chi connectivity index (χ2n) is 6.61. The smallest absolute Gasteiger partial charge is 0.286 e. The summed E-state index contributed by atoms with van der Waals surface area (Å²) >= 11 is 1.44. The molecule has 0 fully saturated rings. The van der Waals surface area contributed by atoms with E-state index in [1.165, 1.54) is 29.0 Å². The van der Waals surface area contributed by atoms with Crippen molar-refractivity contribution in [2.45, 2.75) is 39.7 Å². The number of carbonyl (C=O) groups excluding carboxylic acids is 1. The molecule has 0 aliphatic rings. The lowest BCUT2D eigenvalue weighted by Crippen LogP contribution is -2.17. The minimum atomic E-state index is -0.595. The number of rotatable bonds is 5. The van der Waals surface area contributed by atoms with Crippen LogP contribution in [0.3, 0.4) is 0 Å². The van der Waals surface area contributed by atoms with Crippen LogP contribution in [0.4, 0.5) is 5.69 Å². The normalized spacial score (nSPS) is 12.1. The van der Waals surface area contributed by atoms with E-state index in [-0.39, 0.29) is 11.3 Å². The Kier molecular flexibility index (Phi) is 5.51. The lowest BCUT2D eigenvalue weighted by Gasteiger charge is -2.06. The van der Waals surface area contributed by atoms with Gasteiger partial charge in [-0.05, 0) is 36.1 Å². The first kappa shape index (κ1) is 19.0. The topological polar surface area (TPSA) is 77.5 Å². The predicted octanol–water partition coefficient (Wildman–Crippen LogP) is 4.89. The fourth-order valence-corrected chi connectivity index (χ4v) is 4.04. The Morgan fingerprint density at radius 2 is 2.00 bits per heavy atom. The number of carbonyl (C=O) groups is 1. The van der Waals surface area contributed by atoms with Crippen LogP contribution in [0.25, 0.3) is 10.2 Å². The number of benzene rings is 2. The number of hydrogen-bond donors (Lipinski definition) is 0. The Morgan fingerprint density at radius 1 is 1.26 bits per heavy atom. The first-order valence-corrected chi connectivity index (χ1v) is 9.69. The van der Waals surface area contributed by atoms with Crippen molar-refractivity contribution < 1.29 is 9.72 Å². The van der Waals surface area contributed by atoms with Gasteiger partial charge in [-0.25, -0.2) is 0 Å². The average molecular weight is 383 g/mol. The first-order valence-electron chi connectivity index (χ1n) is 8.88. The molecule has 0 bridgehead atoms. The molecule has 0 aliphatic carbocycles. The zero-order valence-electron chi connectivity index (χ0n) is 15.5. The maximum atomic E-state index is 12.7. The van der Waals surface area contributed by atoms with Crippen LogP contribution in [0.2, 0.25) is 0 Å². The van der Waals surface area contributed by atoms with Gasteiger partial charge in [0.25, 0.3) is 11.6 Å². The third kappa shape index (κ3) is 3.83. The van der Waals surface area contributed by atoms with E-state index in [0.717, 1.165) is 23.2 Å². The molecule has 3 aromatic rings. The van der Waals surface area contributed by atoms with Crippen molar-refractivity contribution in [1.29, 1.82) is 0 Å². The fourth-order valence-electron chi connectivity index (χ4n) is 2.93. The molecule has 2 aromatic carbocycles. The summed E-state index contributed by atoms with van der Waals surface area (Å²) in [7, 11) is 0. The highest BCUT2D eigenvalue weighted by Crippen LogP contribution is 2.24. The molecule has 0 unspecified atom stereocenters. The van der Waals surface area contributed by atoms with Crippen molar-refractivity contribution in [3.63, 3.8) is 0 Å². The van der Waals surface area contributed by atoms with Crippen LogP contribution in [0, 0.1) is 10.1 Å². The number of amides is 1. The zero-order chi connectivity index (χ0) is 19.6. The second kappa shape index (κ2) is 7.84. The monoisotopic (exact) mass is 383 g/mol.